The highest BCUT2D eigenvalue weighted by Gasteiger charge is 2.21. The molecule has 0 atom stereocenters. The predicted octanol–water partition coefficient (Wildman–Crippen LogP) is 2.03. The first kappa shape index (κ1) is 12.0. The maximum Gasteiger partial charge on any atom is 0.160 e. The lowest BCUT2D eigenvalue weighted by molar-refractivity contribution is 0.292. The summed E-state index contributed by atoms with van der Waals surface area (Å²) in [5.74, 6) is 3.38. The zero-order valence-corrected chi connectivity index (χ0v) is 11.1. The Hall–Kier alpha value is -1.07. The number of imidazole rings is 1. The van der Waals surface area contributed by atoms with Crippen LogP contribution in [0, 0.1) is 0 Å². The highest BCUT2D eigenvalue weighted by atomic mass is 32.2. The van der Waals surface area contributed by atoms with Crippen molar-refractivity contribution in [1.29, 1.82) is 0 Å². The van der Waals surface area contributed by atoms with Crippen molar-refractivity contribution in [3.05, 3.63) is 24.2 Å². The predicted molar refractivity (Wildman–Crippen MR) is 73.9 cm³/mol. The van der Waals surface area contributed by atoms with Crippen molar-refractivity contribution in [2.24, 2.45) is 0 Å². The first-order valence-electron chi connectivity index (χ1n) is 6.40. The number of aliphatic hydroxyl groups excluding tert-OH is 1. The van der Waals surface area contributed by atoms with Crippen LogP contribution in [-0.2, 0) is 6.42 Å². The fourth-order valence-corrected chi connectivity index (χ4v) is 3.66. The van der Waals surface area contributed by atoms with Crippen LogP contribution in [-0.4, -0.2) is 37.8 Å². The number of hydrogen-bond donors (Lipinski definition) is 1. The monoisotopic (exact) mass is 263 g/mol. The van der Waals surface area contributed by atoms with E-state index in [9.17, 15) is 5.11 Å². The lowest BCUT2D eigenvalue weighted by Crippen LogP contribution is -2.18. The molecule has 96 valence electrons. The average molecular weight is 263 g/mol. The normalized spacial score (nSPS) is 17.4. The first-order valence-corrected chi connectivity index (χ1v) is 7.56. The number of nitrogens with zero attached hydrogens (tertiary/aromatic N) is 3. The van der Waals surface area contributed by atoms with Crippen LogP contribution in [0.3, 0.4) is 0 Å². The Morgan fingerprint density at radius 2 is 2.22 bits per heavy atom. The smallest absolute Gasteiger partial charge is 0.160 e. The van der Waals surface area contributed by atoms with Gasteiger partial charge >= 0.3 is 0 Å². The Bertz CT molecular complexity index is 534. The van der Waals surface area contributed by atoms with Gasteiger partial charge in [-0.05, 0) is 36.5 Å². The number of hydrogen-bond acceptors (Lipinski definition) is 4. The van der Waals surface area contributed by atoms with Gasteiger partial charge in [0.05, 0.1) is 6.61 Å². The van der Waals surface area contributed by atoms with Crippen molar-refractivity contribution in [3.63, 3.8) is 0 Å². The summed E-state index contributed by atoms with van der Waals surface area (Å²) in [6.07, 6.45) is 4.77. The summed E-state index contributed by atoms with van der Waals surface area (Å²) in [5, 5.41) is 9.19. The van der Waals surface area contributed by atoms with Crippen molar-refractivity contribution >= 4 is 22.9 Å². The number of aliphatic hydroxyl groups is 1. The summed E-state index contributed by atoms with van der Waals surface area (Å²) in [5.41, 5.74) is 1.91. The van der Waals surface area contributed by atoms with Crippen LogP contribution >= 0.6 is 11.8 Å². The summed E-state index contributed by atoms with van der Waals surface area (Å²) in [6.45, 7) is 0.144. The van der Waals surface area contributed by atoms with Crippen molar-refractivity contribution in [2.75, 3.05) is 18.1 Å². The molecule has 0 aromatic carbocycles. The van der Waals surface area contributed by atoms with Gasteiger partial charge in [0.2, 0.25) is 0 Å². The Labute approximate surface area is 110 Å². The van der Waals surface area contributed by atoms with Crippen molar-refractivity contribution in [1.82, 2.24) is 14.5 Å². The number of pyridine rings is 1. The zero-order valence-electron chi connectivity index (χ0n) is 10.2. The quantitative estimate of drug-likeness (QED) is 0.920. The Morgan fingerprint density at radius 1 is 1.39 bits per heavy atom. The van der Waals surface area contributed by atoms with E-state index in [2.05, 4.69) is 14.5 Å². The molecular formula is C13H17N3OS. The van der Waals surface area contributed by atoms with Crippen molar-refractivity contribution < 1.29 is 5.11 Å². The summed E-state index contributed by atoms with van der Waals surface area (Å²) in [7, 11) is 0. The molecule has 2 aromatic rings. The van der Waals surface area contributed by atoms with Gasteiger partial charge in [0.25, 0.3) is 0 Å². The van der Waals surface area contributed by atoms with Gasteiger partial charge in [0, 0.05) is 18.7 Å². The van der Waals surface area contributed by atoms with Gasteiger partial charge in [-0.3, -0.25) is 0 Å². The molecule has 18 heavy (non-hydrogen) atoms. The van der Waals surface area contributed by atoms with Crippen LogP contribution in [0.1, 0.15) is 24.7 Å². The molecule has 1 fully saturated rings. The maximum atomic E-state index is 9.19. The van der Waals surface area contributed by atoms with E-state index in [0.717, 1.165) is 17.0 Å². The molecule has 1 N–H and O–H groups in total. The summed E-state index contributed by atoms with van der Waals surface area (Å²) in [4.78, 5) is 9.08. The minimum Gasteiger partial charge on any atom is -0.396 e. The fraction of sp³-hybridized carbons (Fsp3) is 0.538. The molecule has 0 spiro atoms. The molecule has 3 rings (SSSR count). The molecule has 4 nitrogen and oxygen atoms in total. The Balaban J connectivity index is 2.07. The molecule has 1 saturated heterocycles. The van der Waals surface area contributed by atoms with E-state index >= 15 is 0 Å². The molecule has 5 heteroatoms. The SMILES string of the molecule is OCCc1nc2cccnc2n1C1CCSCC1. The fourth-order valence-electron chi connectivity index (χ4n) is 2.58. The Kier molecular flexibility index (Phi) is 3.52. The molecule has 0 radical (unpaired) electrons. The molecule has 0 aliphatic carbocycles. The van der Waals surface area contributed by atoms with E-state index in [1.54, 1.807) is 0 Å². The van der Waals surface area contributed by atoms with Gasteiger partial charge in [0.15, 0.2) is 5.65 Å². The zero-order chi connectivity index (χ0) is 12.4. The van der Waals surface area contributed by atoms with E-state index < -0.39 is 0 Å². The average Bonchev–Trinajstić information content (AvgIpc) is 2.78. The molecule has 1 aliphatic heterocycles. The second-order valence-electron chi connectivity index (χ2n) is 4.56. The summed E-state index contributed by atoms with van der Waals surface area (Å²) >= 11 is 2.02. The van der Waals surface area contributed by atoms with Gasteiger partial charge in [-0.2, -0.15) is 11.8 Å². The molecule has 3 heterocycles. The van der Waals surface area contributed by atoms with Crippen LogP contribution in [0.4, 0.5) is 0 Å². The molecule has 0 saturated carbocycles. The van der Waals surface area contributed by atoms with Crippen molar-refractivity contribution in [2.45, 2.75) is 25.3 Å². The summed E-state index contributed by atoms with van der Waals surface area (Å²) in [6, 6.07) is 4.41. The highest BCUT2D eigenvalue weighted by Crippen LogP contribution is 2.30. The molecule has 1 aliphatic rings. The van der Waals surface area contributed by atoms with Crippen LogP contribution in [0.5, 0.6) is 0 Å². The minimum atomic E-state index is 0.144. The molecular weight excluding hydrogens is 246 g/mol. The van der Waals surface area contributed by atoms with E-state index in [1.165, 1.54) is 24.3 Å². The third kappa shape index (κ3) is 2.12. The van der Waals surface area contributed by atoms with Gasteiger partial charge in [-0.25, -0.2) is 9.97 Å². The highest BCUT2D eigenvalue weighted by molar-refractivity contribution is 7.99. The number of fused-ring (bicyclic) bond motifs is 1. The van der Waals surface area contributed by atoms with Gasteiger partial charge in [-0.15, -0.1) is 0 Å². The van der Waals surface area contributed by atoms with E-state index in [-0.39, 0.29) is 6.61 Å². The molecule has 0 unspecified atom stereocenters. The van der Waals surface area contributed by atoms with Gasteiger partial charge in [-0.1, -0.05) is 0 Å². The van der Waals surface area contributed by atoms with Crippen LogP contribution < -0.4 is 0 Å². The van der Waals surface area contributed by atoms with Gasteiger partial charge in [0.1, 0.15) is 11.3 Å². The second-order valence-corrected chi connectivity index (χ2v) is 5.79. The number of thioether (sulfide) groups is 1. The van der Waals surface area contributed by atoms with Crippen LogP contribution in [0.15, 0.2) is 18.3 Å². The molecule has 2 aromatic heterocycles. The number of rotatable bonds is 3. The van der Waals surface area contributed by atoms with E-state index in [0.29, 0.717) is 12.5 Å². The lowest BCUT2D eigenvalue weighted by Gasteiger charge is -2.24. The third-order valence-corrected chi connectivity index (χ3v) is 4.46. The third-order valence-electron chi connectivity index (χ3n) is 3.41. The lowest BCUT2D eigenvalue weighted by atomic mass is 10.1. The van der Waals surface area contributed by atoms with E-state index in [4.69, 9.17) is 0 Å². The van der Waals surface area contributed by atoms with Crippen molar-refractivity contribution in [3.8, 4) is 0 Å². The summed E-state index contributed by atoms with van der Waals surface area (Å²) < 4.78 is 2.26. The molecule has 0 bridgehead atoms. The first-order chi connectivity index (χ1) is 8.90. The van der Waals surface area contributed by atoms with Gasteiger partial charge < -0.3 is 9.67 Å². The number of aromatic nitrogens is 3. The minimum absolute atomic E-state index is 0.144. The van der Waals surface area contributed by atoms with Crippen LogP contribution in [0.25, 0.3) is 11.2 Å². The van der Waals surface area contributed by atoms with E-state index in [1.807, 2.05) is 30.1 Å². The maximum absolute atomic E-state index is 9.19. The second kappa shape index (κ2) is 5.28. The van der Waals surface area contributed by atoms with Crippen LogP contribution in [0.2, 0.25) is 0 Å². The largest absolute Gasteiger partial charge is 0.396 e. The standard InChI is InChI=1S/C13H17N3OS/c17-7-3-12-15-11-2-1-6-14-13(11)16(12)10-4-8-18-9-5-10/h1-2,6,10,17H,3-5,7-9H2. The Morgan fingerprint density at radius 3 is 3.00 bits per heavy atom. The molecule has 0 amide bonds. The topological polar surface area (TPSA) is 50.9 Å².